The van der Waals surface area contributed by atoms with Crippen LogP contribution in [0.4, 0.5) is 30.7 Å². The standard InChI is InChI=1S/C19H17F7O2/c1-2-3-6-11(10-17(20,21)18(22,23)19(24,25)26)14-9-15(27)12-7-4-5-8-13(12)16(14)28/h4-5,7-9,11H,2-3,6,10H2,1H3. The Balaban J connectivity index is 2.42. The van der Waals surface area contributed by atoms with Crippen LogP contribution in [0.15, 0.2) is 35.9 Å². The van der Waals surface area contributed by atoms with Crippen LogP contribution in [0.1, 0.15) is 53.3 Å². The van der Waals surface area contributed by atoms with Crippen LogP contribution < -0.4 is 0 Å². The molecule has 2 rings (SSSR count). The number of alkyl halides is 7. The molecule has 0 N–H and O–H groups in total. The van der Waals surface area contributed by atoms with Crippen molar-refractivity contribution < 1.29 is 40.3 Å². The summed E-state index contributed by atoms with van der Waals surface area (Å²) in [5.74, 6) is -14.8. The molecule has 28 heavy (non-hydrogen) atoms. The highest BCUT2D eigenvalue weighted by atomic mass is 19.4. The summed E-state index contributed by atoms with van der Waals surface area (Å²) < 4.78 is 91.9. The van der Waals surface area contributed by atoms with E-state index in [1.54, 1.807) is 6.92 Å². The molecule has 1 aromatic rings. The molecule has 0 bridgehead atoms. The molecule has 0 heterocycles. The summed E-state index contributed by atoms with van der Waals surface area (Å²) in [5.41, 5.74) is -0.523. The number of fused-ring (bicyclic) bond motifs is 1. The van der Waals surface area contributed by atoms with Crippen molar-refractivity contribution in [2.75, 3.05) is 0 Å². The lowest BCUT2D eigenvalue weighted by atomic mass is 9.78. The van der Waals surface area contributed by atoms with E-state index in [4.69, 9.17) is 0 Å². The van der Waals surface area contributed by atoms with Crippen molar-refractivity contribution in [2.45, 2.75) is 50.6 Å². The van der Waals surface area contributed by atoms with Crippen LogP contribution in [0.25, 0.3) is 0 Å². The maximum atomic E-state index is 14.0. The summed E-state index contributed by atoms with van der Waals surface area (Å²) in [7, 11) is 0. The van der Waals surface area contributed by atoms with Gasteiger partial charge in [0.15, 0.2) is 11.6 Å². The van der Waals surface area contributed by atoms with Crippen molar-refractivity contribution >= 4 is 11.6 Å². The number of allylic oxidation sites excluding steroid dienone is 2. The fraction of sp³-hybridized carbons (Fsp3) is 0.474. The van der Waals surface area contributed by atoms with Crippen LogP contribution in [-0.4, -0.2) is 29.6 Å². The van der Waals surface area contributed by atoms with Gasteiger partial charge >= 0.3 is 18.0 Å². The average molecular weight is 410 g/mol. The molecule has 0 amide bonds. The minimum absolute atomic E-state index is 0.0258. The smallest absolute Gasteiger partial charge is 0.289 e. The number of carbonyl (C=O) groups excluding carboxylic acids is 2. The summed E-state index contributed by atoms with van der Waals surface area (Å²) >= 11 is 0. The highest BCUT2D eigenvalue weighted by molar-refractivity contribution is 6.24. The third-order valence-electron chi connectivity index (χ3n) is 4.65. The maximum Gasteiger partial charge on any atom is 0.459 e. The molecule has 1 aliphatic carbocycles. The van der Waals surface area contributed by atoms with E-state index in [2.05, 4.69) is 0 Å². The second-order valence-corrected chi connectivity index (χ2v) is 6.66. The molecule has 1 atom stereocenters. The highest BCUT2D eigenvalue weighted by Crippen LogP contribution is 2.50. The average Bonchev–Trinajstić information content (AvgIpc) is 2.60. The van der Waals surface area contributed by atoms with Crippen LogP contribution in [0.5, 0.6) is 0 Å². The molecule has 0 aromatic heterocycles. The van der Waals surface area contributed by atoms with Gasteiger partial charge in [0.05, 0.1) is 0 Å². The number of hydrogen-bond donors (Lipinski definition) is 0. The molecule has 0 radical (unpaired) electrons. The molecule has 0 saturated carbocycles. The highest BCUT2D eigenvalue weighted by Gasteiger charge is 2.72. The van der Waals surface area contributed by atoms with Gasteiger partial charge in [0.1, 0.15) is 0 Å². The lowest BCUT2D eigenvalue weighted by Crippen LogP contribution is -2.52. The van der Waals surface area contributed by atoms with Gasteiger partial charge in [-0.3, -0.25) is 9.59 Å². The molecule has 9 heteroatoms. The van der Waals surface area contributed by atoms with Gasteiger partial charge in [-0.15, -0.1) is 0 Å². The van der Waals surface area contributed by atoms with Gasteiger partial charge in [-0.2, -0.15) is 30.7 Å². The first-order valence-corrected chi connectivity index (χ1v) is 8.55. The molecule has 1 aromatic carbocycles. The normalized spacial score (nSPS) is 16.6. The number of halogens is 7. The Labute approximate surface area is 156 Å². The minimum Gasteiger partial charge on any atom is -0.289 e. The summed E-state index contributed by atoms with van der Waals surface area (Å²) in [6, 6.07) is 5.54. The monoisotopic (exact) mass is 410 g/mol. The first-order valence-electron chi connectivity index (χ1n) is 8.55. The van der Waals surface area contributed by atoms with E-state index >= 15 is 0 Å². The SMILES string of the molecule is CCCCC(CC(F)(F)C(F)(F)C(F)(F)F)C1=CC(=O)c2ccccc2C1=O. The van der Waals surface area contributed by atoms with E-state index in [0.717, 1.165) is 6.08 Å². The number of hydrogen-bond acceptors (Lipinski definition) is 2. The summed E-state index contributed by atoms with van der Waals surface area (Å²) in [6.45, 7) is 1.66. The summed E-state index contributed by atoms with van der Waals surface area (Å²) in [4.78, 5) is 24.8. The Kier molecular flexibility index (Phi) is 6.06. The van der Waals surface area contributed by atoms with Crippen LogP contribution in [-0.2, 0) is 0 Å². The zero-order chi connectivity index (χ0) is 21.3. The van der Waals surface area contributed by atoms with Gasteiger partial charge in [0.2, 0.25) is 0 Å². The predicted molar refractivity (Wildman–Crippen MR) is 86.8 cm³/mol. The molecule has 0 saturated heterocycles. The quantitative estimate of drug-likeness (QED) is 0.515. The van der Waals surface area contributed by atoms with E-state index in [1.165, 1.54) is 24.3 Å². The van der Waals surface area contributed by atoms with Crippen molar-refractivity contribution in [1.82, 2.24) is 0 Å². The lowest BCUT2D eigenvalue weighted by Gasteiger charge is -2.32. The molecular weight excluding hydrogens is 393 g/mol. The summed E-state index contributed by atoms with van der Waals surface area (Å²) in [6.07, 6.45) is -7.16. The van der Waals surface area contributed by atoms with Crippen molar-refractivity contribution in [3.05, 3.63) is 47.0 Å². The van der Waals surface area contributed by atoms with Gasteiger partial charge in [0, 0.05) is 23.1 Å². The Morgan fingerprint density at radius 2 is 1.50 bits per heavy atom. The minimum atomic E-state index is -6.45. The first kappa shape index (κ1) is 22.1. The molecule has 2 nitrogen and oxygen atoms in total. The van der Waals surface area contributed by atoms with E-state index in [-0.39, 0.29) is 24.0 Å². The fourth-order valence-corrected chi connectivity index (χ4v) is 3.10. The van der Waals surface area contributed by atoms with Crippen LogP contribution in [0.3, 0.4) is 0 Å². The Bertz CT molecular complexity index is 794. The molecule has 0 spiro atoms. The van der Waals surface area contributed by atoms with Crippen molar-refractivity contribution in [3.8, 4) is 0 Å². The number of unbranched alkanes of at least 4 members (excludes halogenated alkanes) is 1. The van der Waals surface area contributed by atoms with Gasteiger partial charge in [-0.1, -0.05) is 44.0 Å². The number of ketones is 2. The Morgan fingerprint density at radius 3 is 2.04 bits per heavy atom. The third-order valence-corrected chi connectivity index (χ3v) is 4.65. The number of benzene rings is 1. The van der Waals surface area contributed by atoms with Crippen LogP contribution in [0, 0.1) is 5.92 Å². The van der Waals surface area contributed by atoms with Gasteiger partial charge in [-0.25, -0.2) is 0 Å². The Morgan fingerprint density at radius 1 is 0.929 bits per heavy atom. The first-order chi connectivity index (χ1) is 12.8. The van der Waals surface area contributed by atoms with Crippen LogP contribution in [0.2, 0.25) is 0 Å². The number of rotatable bonds is 7. The van der Waals surface area contributed by atoms with Gasteiger partial charge in [0.25, 0.3) is 0 Å². The topological polar surface area (TPSA) is 34.1 Å². The van der Waals surface area contributed by atoms with E-state index < -0.39 is 47.5 Å². The fourth-order valence-electron chi connectivity index (χ4n) is 3.10. The molecule has 1 unspecified atom stereocenters. The third kappa shape index (κ3) is 3.98. The number of Topliss-reactive ketones (excluding diaryl/α,β-unsaturated/α-hetero) is 1. The van der Waals surface area contributed by atoms with E-state index in [9.17, 15) is 40.3 Å². The zero-order valence-corrected chi connectivity index (χ0v) is 14.8. The van der Waals surface area contributed by atoms with E-state index in [0.29, 0.717) is 6.42 Å². The molecule has 0 fully saturated rings. The molecular formula is C19H17F7O2. The van der Waals surface area contributed by atoms with Crippen molar-refractivity contribution in [3.63, 3.8) is 0 Å². The largest absolute Gasteiger partial charge is 0.459 e. The Hall–Kier alpha value is -2.19. The second kappa shape index (κ2) is 7.67. The maximum absolute atomic E-state index is 14.0. The molecule has 0 aliphatic heterocycles. The van der Waals surface area contributed by atoms with Crippen molar-refractivity contribution in [2.24, 2.45) is 5.92 Å². The predicted octanol–water partition coefficient (Wildman–Crippen LogP) is 6.02. The molecule has 154 valence electrons. The van der Waals surface area contributed by atoms with Crippen molar-refractivity contribution in [1.29, 1.82) is 0 Å². The van der Waals surface area contributed by atoms with E-state index in [1.807, 2.05) is 0 Å². The lowest BCUT2D eigenvalue weighted by molar-refractivity contribution is -0.357. The molecule has 1 aliphatic rings. The second-order valence-electron chi connectivity index (χ2n) is 6.66. The van der Waals surface area contributed by atoms with Gasteiger partial charge < -0.3 is 0 Å². The summed E-state index contributed by atoms with van der Waals surface area (Å²) in [5, 5.41) is 0. The zero-order valence-electron chi connectivity index (χ0n) is 14.8. The van der Waals surface area contributed by atoms with Gasteiger partial charge in [-0.05, 0) is 18.4 Å². The number of carbonyl (C=O) groups is 2. The van der Waals surface area contributed by atoms with Crippen LogP contribution >= 0.6 is 0 Å².